The summed E-state index contributed by atoms with van der Waals surface area (Å²) in [4.78, 5) is 46.4. The van der Waals surface area contributed by atoms with Gasteiger partial charge in [-0.15, -0.1) is 0 Å². The van der Waals surface area contributed by atoms with Gasteiger partial charge in [0, 0.05) is 23.3 Å². The minimum absolute atomic E-state index is 0.0610. The summed E-state index contributed by atoms with van der Waals surface area (Å²) in [6.07, 6.45) is -1.47. The molecule has 0 radical (unpaired) electrons. The van der Waals surface area contributed by atoms with Gasteiger partial charge in [-0.3, -0.25) is 13.8 Å². The lowest BCUT2D eigenvalue weighted by Gasteiger charge is -2.42. The van der Waals surface area contributed by atoms with Crippen LogP contribution in [-0.4, -0.2) is 70.1 Å². The molecule has 11 nitrogen and oxygen atoms in total. The van der Waals surface area contributed by atoms with Crippen LogP contribution in [-0.2, 0) is 52.4 Å². The molecule has 4 rings (SSSR count). The maximum absolute atomic E-state index is 12.5. The first-order valence-corrected chi connectivity index (χ1v) is 11.1. The molecule has 170 valence electrons. The number of hydrogen-bond donors (Lipinski definition) is 0. The lowest BCUT2D eigenvalue weighted by Crippen LogP contribution is -2.52. The Balaban J connectivity index is 1.64. The van der Waals surface area contributed by atoms with E-state index in [2.05, 4.69) is 6.58 Å². The molecule has 12 heteroatoms. The second-order valence-electron chi connectivity index (χ2n) is 8.70. The first kappa shape index (κ1) is 21.8. The van der Waals surface area contributed by atoms with Crippen LogP contribution in [0.5, 0.6) is 0 Å². The number of carbonyl (C=O) groups is 4. The molecule has 1 saturated heterocycles. The quantitative estimate of drug-likeness (QED) is 0.146. The maximum Gasteiger partial charge on any atom is 0.344 e. The average Bonchev–Trinajstić information content (AvgIpc) is 2.95. The highest BCUT2D eigenvalue weighted by Gasteiger charge is 3.00. The largest absolute Gasteiger partial charge is 0.467 e. The van der Waals surface area contributed by atoms with Gasteiger partial charge in [0.05, 0.1) is 16.8 Å². The summed E-state index contributed by atoms with van der Waals surface area (Å²) in [6.45, 7) is 5.20. The van der Waals surface area contributed by atoms with Crippen LogP contribution in [0.25, 0.3) is 0 Å². The highest BCUT2D eigenvalue weighted by atomic mass is 32.2. The van der Waals surface area contributed by atoms with Gasteiger partial charge in [-0.05, 0) is 19.8 Å². The Hall–Kier alpha value is -2.47. The molecule has 6 atom stereocenters. The van der Waals surface area contributed by atoms with Crippen molar-refractivity contribution in [1.82, 2.24) is 0 Å². The van der Waals surface area contributed by atoms with Crippen molar-refractivity contribution in [2.45, 2.75) is 44.1 Å². The number of fused-ring (bicyclic) bond motifs is 2. The van der Waals surface area contributed by atoms with E-state index in [4.69, 9.17) is 23.1 Å². The number of carbonyl (C=O) groups excluding carboxylic acids is 4. The van der Waals surface area contributed by atoms with Crippen molar-refractivity contribution in [1.29, 1.82) is 0 Å². The van der Waals surface area contributed by atoms with E-state index in [1.807, 2.05) is 0 Å². The van der Waals surface area contributed by atoms with Crippen LogP contribution >= 0.6 is 0 Å². The standard InChI is InChI=1S/C19H22O11S/c1-10(2)14(23)27-5-13(22)29-15-17(7-28-11(3)21)4-12-18(6-17)16(30-31(12,24)25)19(15,18)8-26-9-20/h9,12,15-16H,1,4-8H2,2-3H3. The predicted octanol–water partition coefficient (Wildman–Crippen LogP) is -0.369. The van der Waals surface area contributed by atoms with Gasteiger partial charge in [-0.2, -0.15) is 8.42 Å². The zero-order valence-electron chi connectivity index (χ0n) is 17.0. The molecular weight excluding hydrogens is 436 g/mol. The van der Waals surface area contributed by atoms with E-state index < -0.39 is 68.3 Å². The SMILES string of the molecule is C=C(C)C(=O)OCC(=O)OC1C2(COC(C)=O)CC3C4(C2)C(OS3(=O)=O)C14COC=O. The fourth-order valence-electron chi connectivity index (χ4n) is 6.05. The van der Waals surface area contributed by atoms with E-state index in [1.165, 1.54) is 13.8 Å². The van der Waals surface area contributed by atoms with Crippen molar-refractivity contribution in [2.75, 3.05) is 19.8 Å². The van der Waals surface area contributed by atoms with Crippen LogP contribution in [0.15, 0.2) is 12.2 Å². The van der Waals surface area contributed by atoms with Crippen LogP contribution in [0.4, 0.5) is 0 Å². The highest BCUT2D eigenvalue weighted by Crippen LogP contribution is 2.89. The van der Waals surface area contributed by atoms with Crippen LogP contribution in [0.2, 0.25) is 0 Å². The third-order valence-electron chi connectivity index (χ3n) is 7.00. The maximum atomic E-state index is 12.5. The first-order valence-electron chi connectivity index (χ1n) is 9.60. The molecule has 4 aliphatic rings. The van der Waals surface area contributed by atoms with Crippen molar-refractivity contribution < 1.29 is 50.7 Å². The third-order valence-corrected chi connectivity index (χ3v) is 8.75. The second-order valence-corrected chi connectivity index (χ2v) is 10.4. The van der Waals surface area contributed by atoms with Gasteiger partial charge < -0.3 is 18.9 Å². The minimum atomic E-state index is -3.86. The number of hydrogen-bond acceptors (Lipinski definition) is 11. The van der Waals surface area contributed by atoms with Crippen molar-refractivity contribution in [3.8, 4) is 0 Å². The van der Waals surface area contributed by atoms with Gasteiger partial charge in [-0.1, -0.05) is 6.58 Å². The molecule has 31 heavy (non-hydrogen) atoms. The first-order chi connectivity index (χ1) is 14.5. The molecule has 0 amide bonds. The van der Waals surface area contributed by atoms with E-state index in [-0.39, 0.29) is 38.1 Å². The molecule has 0 N–H and O–H groups in total. The number of rotatable bonds is 9. The van der Waals surface area contributed by atoms with Gasteiger partial charge >= 0.3 is 17.9 Å². The van der Waals surface area contributed by atoms with E-state index >= 15 is 0 Å². The molecule has 6 unspecified atom stereocenters. The van der Waals surface area contributed by atoms with E-state index in [0.717, 1.165) is 0 Å². The topological polar surface area (TPSA) is 149 Å². The van der Waals surface area contributed by atoms with Crippen molar-refractivity contribution >= 4 is 34.5 Å². The Kier molecular flexibility index (Phi) is 4.74. The summed E-state index contributed by atoms with van der Waals surface area (Å²) < 4.78 is 51.0. The van der Waals surface area contributed by atoms with Gasteiger partial charge in [0.15, 0.2) is 6.61 Å². The van der Waals surface area contributed by atoms with E-state index in [9.17, 15) is 27.6 Å². The number of ether oxygens (including phenoxy) is 4. The average molecular weight is 458 g/mol. The van der Waals surface area contributed by atoms with Crippen molar-refractivity contribution in [2.24, 2.45) is 16.2 Å². The molecule has 1 heterocycles. The smallest absolute Gasteiger partial charge is 0.344 e. The molecular formula is C19H22O11S. The Morgan fingerprint density at radius 2 is 1.90 bits per heavy atom. The zero-order valence-corrected chi connectivity index (χ0v) is 17.8. The molecule has 4 fully saturated rings. The molecule has 1 spiro atoms. The lowest BCUT2D eigenvalue weighted by atomic mass is 9.75. The Morgan fingerprint density at radius 3 is 2.52 bits per heavy atom. The normalized spacial score (nSPS) is 39.9. The van der Waals surface area contributed by atoms with E-state index in [1.54, 1.807) is 0 Å². The fraction of sp³-hybridized carbons (Fsp3) is 0.684. The third kappa shape index (κ3) is 2.77. The molecule has 1 aliphatic heterocycles. The van der Waals surface area contributed by atoms with Gasteiger partial charge in [0.1, 0.15) is 19.3 Å². The van der Waals surface area contributed by atoms with Crippen LogP contribution in [0, 0.1) is 16.2 Å². The fourth-order valence-corrected chi connectivity index (χ4v) is 8.27. The molecule has 3 aliphatic carbocycles. The zero-order chi connectivity index (χ0) is 22.8. The van der Waals surface area contributed by atoms with Crippen LogP contribution < -0.4 is 0 Å². The van der Waals surface area contributed by atoms with Gasteiger partial charge in [0.2, 0.25) is 0 Å². The number of esters is 3. The Labute approximate surface area is 178 Å². The van der Waals surface area contributed by atoms with Gasteiger partial charge in [-0.25, -0.2) is 9.59 Å². The summed E-state index contributed by atoms with van der Waals surface area (Å²) in [7, 11) is -3.86. The van der Waals surface area contributed by atoms with Crippen LogP contribution in [0.3, 0.4) is 0 Å². The summed E-state index contributed by atoms with van der Waals surface area (Å²) in [5, 5.41) is -0.882. The second kappa shape index (κ2) is 6.76. The molecule has 0 aromatic carbocycles. The summed E-state index contributed by atoms with van der Waals surface area (Å²) in [5.74, 6) is -2.21. The summed E-state index contributed by atoms with van der Waals surface area (Å²) in [5.41, 5.74) is -2.89. The molecule has 3 saturated carbocycles. The van der Waals surface area contributed by atoms with Crippen molar-refractivity contribution in [3.05, 3.63) is 12.2 Å². The monoisotopic (exact) mass is 458 g/mol. The lowest BCUT2D eigenvalue weighted by molar-refractivity contribution is -0.179. The van der Waals surface area contributed by atoms with Crippen molar-refractivity contribution in [3.63, 3.8) is 0 Å². The molecule has 0 aromatic rings. The highest BCUT2D eigenvalue weighted by molar-refractivity contribution is 7.87. The van der Waals surface area contributed by atoms with Crippen LogP contribution in [0.1, 0.15) is 26.7 Å². The minimum Gasteiger partial charge on any atom is -0.467 e. The summed E-state index contributed by atoms with van der Waals surface area (Å²) >= 11 is 0. The Morgan fingerprint density at radius 1 is 1.19 bits per heavy atom. The van der Waals surface area contributed by atoms with E-state index in [0.29, 0.717) is 0 Å². The molecule has 0 aromatic heterocycles. The summed E-state index contributed by atoms with van der Waals surface area (Å²) in [6, 6.07) is 0. The Bertz CT molecular complexity index is 987. The predicted molar refractivity (Wildman–Crippen MR) is 98.4 cm³/mol. The van der Waals surface area contributed by atoms with Gasteiger partial charge in [0.25, 0.3) is 16.6 Å². The molecule has 2 bridgehead atoms.